The molecular weight excluding hydrogens is 241 g/mol. The van der Waals surface area contributed by atoms with Crippen molar-refractivity contribution in [2.45, 2.75) is 27.1 Å². The van der Waals surface area contributed by atoms with Crippen LogP contribution in [0.4, 0.5) is 5.69 Å². The Hall–Kier alpha value is -1.78. The predicted octanol–water partition coefficient (Wildman–Crippen LogP) is 2.42. The van der Waals surface area contributed by atoms with Gasteiger partial charge < -0.3 is 10.1 Å². The van der Waals surface area contributed by atoms with E-state index in [0.717, 1.165) is 6.32 Å². The van der Waals surface area contributed by atoms with Crippen LogP contribution >= 0.6 is 0 Å². The molecule has 1 aromatic rings. The Kier molecular flexibility index (Phi) is 7.57. The van der Waals surface area contributed by atoms with Crippen LogP contribution in [0.5, 0.6) is 0 Å². The van der Waals surface area contributed by atoms with Crippen LogP contribution in [0.15, 0.2) is 30.3 Å². The van der Waals surface area contributed by atoms with Crippen LogP contribution in [-0.2, 0) is 14.3 Å². The first-order valence-electron chi connectivity index (χ1n) is 6.05. The first kappa shape index (κ1) is 17.2. The number of hydrogen-bond donors (Lipinski definition) is 1. The molecule has 0 heterocycles. The summed E-state index contributed by atoms with van der Waals surface area (Å²) in [5.74, 6) is -0.938. The number of rotatable bonds is 3. The van der Waals surface area contributed by atoms with Crippen LogP contribution in [0.25, 0.3) is 0 Å². The summed E-state index contributed by atoms with van der Waals surface area (Å²) in [5.41, 5.74) is -0.533. The van der Waals surface area contributed by atoms with Crippen LogP contribution < -0.4 is 5.32 Å². The van der Waals surface area contributed by atoms with Crippen molar-refractivity contribution in [3.05, 3.63) is 30.3 Å². The third-order valence-corrected chi connectivity index (χ3v) is 2.30. The number of esters is 1. The lowest BCUT2D eigenvalue weighted by molar-refractivity contribution is -0.154. The van der Waals surface area contributed by atoms with Crippen molar-refractivity contribution < 1.29 is 14.3 Å². The van der Waals surface area contributed by atoms with Gasteiger partial charge in [-0.05, 0) is 26.0 Å². The number of ether oxygens (including phenoxy) is 1. The maximum Gasteiger partial charge on any atom is 0.320 e. The number of anilines is 1. The van der Waals surface area contributed by atoms with Crippen molar-refractivity contribution in [1.82, 2.24) is 0 Å². The quantitative estimate of drug-likeness (QED) is 0.516. The molecule has 0 spiro atoms. The fraction of sp³-hybridized carbons (Fsp3) is 0.429. The maximum atomic E-state index is 11.8. The average molecular weight is 261 g/mol. The van der Waals surface area contributed by atoms with Crippen molar-refractivity contribution in [2.75, 3.05) is 12.4 Å². The first-order valence-corrected chi connectivity index (χ1v) is 6.05. The smallest absolute Gasteiger partial charge is 0.320 e. The lowest BCUT2D eigenvalue weighted by atomic mass is 9.92. The average Bonchev–Trinajstić information content (AvgIpc) is 2.39. The third kappa shape index (κ3) is 5.59. The molecule has 2 radical (unpaired) electrons. The molecule has 0 fully saturated rings. The molecule has 0 atom stereocenters. The van der Waals surface area contributed by atoms with Crippen molar-refractivity contribution in [1.29, 1.82) is 0 Å². The lowest BCUT2D eigenvalue weighted by Gasteiger charge is -2.20. The molecular formula is C14H20BNO3. The minimum absolute atomic E-state index is 0.384. The van der Waals surface area contributed by atoms with Crippen LogP contribution in [0, 0.1) is 5.41 Å². The zero-order valence-electron chi connectivity index (χ0n) is 11.9. The molecule has 0 saturated carbocycles. The minimum atomic E-state index is -1.19. The van der Waals surface area contributed by atoms with E-state index in [1.165, 1.54) is 21.0 Å². The van der Waals surface area contributed by atoms with Crippen molar-refractivity contribution in [2.24, 2.45) is 5.41 Å². The second kappa shape index (κ2) is 8.35. The first-order chi connectivity index (χ1) is 8.89. The molecule has 4 nitrogen and oxygen atoms in total. The van der Waals surface area contributed by atoms with Gasteiger partial charge >= 0.3 is 5.97 Å². The van der Waals surface area contributed by atoms with Gasteiger partial charge in [0.25, 0.3) is 0 Å². The number of hydrogen-bond acceptors (Lipinski definition) is 3. The molecule has 102 valence electrons. The number of benzene rings is 1. The lowest BCUT2D eigenvalue weighted by Crippen LogP contribution is -2.38. The number of carbonyl (C=O) groups excluding carboxylic acids is 2. The van der Waals surface area contributed by atoms with Gasteiger partial charge in [0, 0.05) is 5.69 Å². The summed E-state index contributed by atoms with van der Waals surface area (Å²) < 4.78 is 4.57. The van der Waals surface area contributed by atoms with Gasteiger partial charge in [0.05, 0.1) is 15.0 Å². The fourth-order valence-electron chi connectivity index (χ4n) is 1.16. The van der Waals surface area contributed by atoms with E-state index in [2.05, 4.69) is 10.1 Å². The number of carbonyl (C=O) groups is 2. The normalized spacial score (nSPS) is 9.89. The highest BCUT2D eigenvalue weighted by molar-refractivity contribution is 6.08. The highest BCUT2D eigenvalue weighted by atomic mass is 16.5. The van der Waals surface area contributed by atoms with Crippen LogP contribution in [-0.4, -0.2) is 26.8 Å². The second-order valence-electron chi connectivity index (χ2n) is 4.34. The fourth-order valence-corrected chi connectivity index (χ4v) is 1.16. The summed E-state index contributed by atoms with van der Waals surface area (Å²) in [4.78, 5) is 23.2. The van der Waals surface area contributed by atoms with E-state index < -0.39 is 11.4 Å². The van der Waals surface area contributed by atoms with Gasteiger partial charge in [0.15, 0.2) is 0 Å². The molecule has 0 bridgehead atoms. The Balaban J connectivity index is 0.000000982. The summed E-state index contributed by atoms with van der Waals surface area (Å²) in [6.45, 7) is 4.95. The van der Waals surface area contributed by atoms with Gasteiger partial charge in [0.2, 0.25) is 5.91 Å². The zero-order valence-corrected chi connectivity index (χ0v) is 11.9. The van der Waals surface area contributed by atoms with Gasteiger partial charge in [-0.25, -0.2) is 0 Å². The molecule has 1 aromatic carbocycles. The van der Waals surface area contributed by atoms with E-state index in [-0.39, 0.29) is 5.91 Å². The summed E-state index contributed by atoms with van der Waals surface area (Å²) in [7, 11) is 6.11. The summed E-state index contributed by atoms with van der Waals surface area (Å²) >= 11 is 0. The molecule has 0 aliphatic heterocycles. The molecule has 0 aliphatic rings. The van der Waals surface area contributed by atoms with Gasteiger partial charge in [-0.1, -0.05) is 31.4 Å². The molecule has 0 unspecified atom stereocenters. The largest absolute Gasteiger partial charge is 0.468 e. The van der Waals surface area contributed by atoms with E-state index >= 15 is 0 Å². The van der Waals surface area contributed by atoms with E-state index in [1.54, 1.807) is 24.3 Å². The van der Waals surface area contributed by atoms with E-state index in [1.807, 2.05) is 13.0 Å². The minimum Gasteiger partial charge on any atom is -0.468 e. The SMILES string of the molecule is COC(=O)C(C)(C)C(=O)Nc1ccccc1.[B]CC. The van der Waals surface area contributed by atoms with E-state index in [0.29, 0.717) is 5.69 Å². The number of amides is 1. The summed E-state index contributed by atoms with van der Waals surface area (Å²) in [5, 5.41) is 2.66. The zero-order chi connectivity index (χ0) is 14.9. The summed E-state index contributed by atoms with van der Waals surface area (Å²) in [6.07, 6.45) is 0.750. The maximum absolute atomic E-state index is 11.8. The van der Waals surface area contributed by atoms with E-state index in [9.17, 15) is 9.59 Å². The Morgan fingerprint density at radius 1 is 1.26 bits per heavy atom. The molecule has 0 aliphatic carbocycles. The van der Waals surface area contributed by atoms with Crippen molar-refractivity contribution in [3.63, 3.8) is 0 Å². The molecule has 1 amide bonds. The van der Waals surface area contributed by atoms with Gasteiger partial charge in [-0.15, -0.1) is 0 Å². The Bertz CT molecular complexity index is 404. The van der Waals surface area contributed by atoms with Gasteiger partial charge in [-0.2, -0.15) is 0 Å². The Labute approximate surface area is 115 Å². The topological polar surface area (TPSA) is 55.4 Å². The summed E-state index contributed by atoms with van der Waals surface area (Å²) in [6, 6.07) is 8.97. The Morgan fingerprint density at radius 3 is 2.16 bits per heavy atom. The molecule has 0 aromatic heterocycles. The van der Waals surface area contributed by atoms with Crippen molar-refractivity contribution in [3.8, 4) is 0 Å². The molecule has 1 N–H and O–H groups in total. The standard InChI is InChI=1S/C12H15NO3.C2H5B/c1-12(2,11(15)16-3)10(14)13-9-7-5-4-6-8-9;1-2-3/h4-8H,1-3H3,(H,13,14);2H2,1H3. The van der Waals surface area contributed by atoms with Crippen LogP contribution in [0.3, 0.4) is 0 Å². The third-order valence-electron chi connectivity index (χ3n) is 2.30. The number of para-hydroxylation sites is 1. The molecule has 5 heteroatoms. The monoisotopic (exact) mass is 261 g/mol. The highest BCUT2D eigenvalue weighted by Crippen LogP contribution is 2.20. The van der Waals surface area contributed by atoms with Crippen LogP contribution in [0.2, 0.25) is 6.32 Å². The molecule has 0 saturated heterocycles. The van der Waals surface area contributed by atoms with Crippen molar-refractivity contribution >= 4 is 25.4 Å². The van der Waals surface area contributed by atoms with Gasteiger partial charge in [-0.3, -0.25) is 9.59 Å². The van der Waals surface area contributed by atoms with E-state index in [4.69, 9.17) is 7.85 Å². The second-order valence-corrected chi connectivity index (χ2v) is 4.34. The Morgan fingerprint density at radius 2 is 1.74 bits per heavy atom. The molecule has 19 heavy (non-hydrogen) atoms. The molecule has 1 rings (SSSR count). The number of nitrogens with one attached hydrogen (secondary N) is 1. The highest BCUT2D eigenvalue weighted by Gasteiger charge is 2.37. The van der Waals surface area contributed by atoms with Crippen LogP contribution in [0.1, 0.15) is 20.8 Å². The van der Waals surface area contributed by atoms with Gasteiger partial charge in [0.1, 0.15) is 5.41 Å². The predicted molar refractivity (Wildman–Crippen MR) is 77.1 cm³/mol. The number of methoxy groups -OCH3 is 1.